The number of fused-ring (bicyclic) bond motifs is 1. The number of aryl methyl sites for hydroxylation is 3. The third-order valence-corrected chi connectivity index (χ3v) is 5.16. The summed E-state index contributed by atoms with van der Waals surface area (Å²) in [5, 5.41) is 7.55. The second kappa shape index (κ2) is 8.12. The van der Waals surface area contributed by atoms with Crippen molar-refractivity contribution in [3.63, 3.8) is 0 Å². The third-order valence-electron chi connectivity index (χ3n) is 4.83. The van der Waals surface area contributed by atoms with Crippen molar-refractivity contribution in [1.29, 1.82) is 0 Å². The van der Waals surface area contributed by atoms with E-state index in [0.717, 1.165) is 16.8 Å². The van der Waals surface area contributed by atoms with Crippen molar-refractivity contribution in [2.75, 3.05) is 5.32 Å². The zero-order valence-corrected chi connectivity index (χ0v) is 17.2. The average Bonchev–Trinajstić information content (AvgIpc) is 3.15. The lowest BCUT2D eigenvalue weighted by Crippen LogP contribution is -2.23. The van der Waals surface area contributed by atoms with E-state index in [1.165, 1.54) is 10.9 Å². The maximum atomic E-state index is 13.0. The first kappa shape index (κ1) is 19.8. The van der Waals surface area contributed by atoms with Gasteiger partial charge in [0.2, 0.25) is 5.91 Å². The molecule has 4 rings (SSSR count). The molecular formula is C22H19ClN4O3. The number of aromatic nitrogens is 3. The zero-order chi connectivity index (χ0) is 21.3. The molecule has 0 aliphatic heterocycles. The molecule has 0 unspecified atom stereocenters. The van der Waals surface area contributed by atoms with Gasteiger partial charge >= 0.3 is 0 Å². The predicted molar refractivity (Wildman–Crippen MR) is 116 cm³/mol. The van der Waals surface area contributed by atoms with E-state index in [1.54, 1.807) is 24.3 Å². The van der Waals surface area contributed by atoms with Gasteiger partial charge in [0.1, 0.15) is 17.4 Å². The monoisotopic (exact) mass is 422 g/mol. The largest absolute Gasteiger partial charge is 0.335 e. The highest BCUT2D eigenvalue weighted by Crippen LogP contribution is 2.30. The zero-order valence-electron chi connectivity index (χ0n) is 16.5. The normalized spacial score (nSPS) is 11.0. The van der Waals surface area contributed by atoms with E-state index < -0.39 is 0 Å². The van der Waals surface area contributed by atoms with Gasteiger partial charge in [-0.1, -0.05) is 52.7 Å². The molecule has 1 amide bonds. The van der Waals surface area contributed by atoms with Crippen molar-refractivity contribution >= 4 is 34.3 Å². The lowest BCUT2D eigenvalue weighted by Gasteiger charge is -2.10. The minimum atomic E-state index is -0.338. The molecule has 0 spiro atoms. The molecule has 0 saturated carbocycles. The number of rotatable bonds is 5. The molecule has 1 N–H and O–H groups in total. The summed E-state index contributed by atoms with van der Waals surface area (Å²) in [4.78, 5) is 29.6. The smallest absolute Gasteiger partial charge is 0.266 e. The molecule has 2 aromatic carbocycles. The summed E-state index contributed by atoms with van der Waals surface area (Å²) in [7, 11) is 0. The Labute approximate surface area is 177 Å². The number of nitrogens with one attached hydrogen (secondary N) is 1. The summed E-state index contributed by atoms with van der Waals surface area (Å²) >= 11 is 6.25. The molecule has 2 aromatic heterocycles. The second-order valence-electron chi connectivity index (χ2n) is 7.05. The topological polar surface area (TPSA) is 90.0 Å². The fraction of sp³-hybridized carbons (Fsp3) is 0.182. The van der Waals surface area contributed by atoms with Gasteiger partial charge in [0.05, 0.1) is 5.02 Å². The summed E-state index contributed by atoms with van der Waals surface area (Å²) in [6.07, 6.45) is 1.48. The molecule has 4 aromatic rings. The number of amides is 1. The van der Waals surface area contributed by atoms with E-state index in [4.69, 9.17) is 16.1 Å². The molecule has 7 nitrogen and oxygen atoms in total. The number of benzene rings is 2. The average molecular weight is 423 g/mol. The maximum absolute atomic E-state index is 13.0. The molecule has 30 heavy (non-hydrogen) atoms. The van der Waals surface area contributed by atoms with Gasteiger partial charge in [0.25, 0.3) is 11.3 Å². The lowest BCUT2D eigenvalue weighted by molar-refractivity contribution is -0.116. The summed E-state index contributed by atoms with van der Waals surface area (Å²) in [6, 6.07) is 12.9. The highest BCUT2D eigenvalue weighted by molar-refractivity contribution is 6.33. The van der Waals surface area contributed by atoms with Gasteiger partial charge < -0.3 is 9.84 Å². The van der Waals surface area contributed by atoms with Crippen LogP contribution in [0.5, 0.6) is 0 Å². The van der Waals surface area contributed by atoms with E-state index >= 15 is 0 Å². The highest BCUT2D eigenvalue weighted by Gasteiger charge is 2.19. The van der Waals surface area contributed by atoms with Crippen molar-refractivity contribution in [3.05, 3.63) is 75.3 Å². The Morgan fingerprint density at radius 2 is 2.00 bits per heavy atom. The Balaban J connectivity index is 1.57. The number of halogens is 1. The van der Waals surface area contributed by atoms with Crippen LogP contribution in [-0.4, -0.2) is 20.6 Å². The standard InChI is InChI=1S/C22H19ClN4O3/c1-13-7-8-17(14(2)11-13)25-18(28)9-10-27-12-24-21-19(22(27)29)20(26-30-21)15-5-3-4-6-16(15)23/h3-8,11-12H,9-10H2,1-2H3,(H,25,28). The van der Waals surface area contributed by atoms with Crippen LogP contribution < -0.4 is 10.9 Å². The summed E-state index contributed by atoms with van der Waals surface area (Å²) in [5.74, 6) is -0.189. The van der Waals surface area contributed by atoms with E-state index in [0.29, 0.717) is 16.3 Å². The van der Waals surface area contributed by atoms with Crippen LogP contribution in [0.15, 0.2) is 58.1 Å². The van der Waals surface area contributed by atoms with Crippen molar-refractivity contribution in [3.8, 4) is 11.3 Å². The van der Waals surface area contributed by atoms with Crippen LogP contribution >= 0.6 is 11.6 Å². The molecule has 0 radical (unpaired) electrons. The molecule has 0 saturated heterocycles. The molecule has 0 aliphatic carbocycles. The van der Waals surface area contributed by atoms with Crippen LogP contribution in [0, 0.1) is 13.8 Å². The molecule has 2 heterocycles. The first-order chi connectivity index (χ1) is 14.4. The van der Waals surface area contributed by atoms with Gasteiger partial charge in [-0.25, -0.2) is 4.98 Å². The lowest BCUT2D eigenvalue weighted by atomic mass is 10.1. The first-order valence-corrected chi connectivity index (χ1v) is 9.78. The fourth-order valence-corrected chi connectivity index (χ4v) is 3.49. The first-order valence-electron chi connectivity index (χ1n) is 9.41. The van der Waals surface area contributed by atoms with E-state index in [9.17, 15) is 9.59 Å². The molecule has 0 fully saturated rings. The quantitative estimate of drug-likeness (QED) is 0.516. The van der Waals surface area contributed by atoms with Gasteiger partial charge in [-0.3, -0.25) is 14.2 Å². The van der Waals surface area contributed by atoms with Gasteiger partial charge in [0, 0.05) is 24.2 Å². The molecule has 8 heteroatoms. The number of carbonyl (C=O) groups excluding carboxylic acids is 1. The number of carbonyl (C=O) groups is 1. The highest BCUT2D eigenvalue weighted by atomic mass is 35.5. The van der Waals surface area contributed by atoms with E-state index in [2.05, 4.69) is 15.5 Å². The number of hydrogen-bond donors (Lipinski definition) is 1. The summed E-state index contributed by atoms with van der Waals surface area (Å²) in [6.45, 7) is 4.11. The summed E-state index contributed by atoms with van der Waals surface area (Å²) in [5.41, 5.74) is 3.58. The number of anilines is 1. The van der Waals surface area contributed by atoms with Crippen LogP contribution in [0.1, 0.15) is 17.5 Å². The fourth-order valence-electron chi connectivity index (χ4n) is 3.27. The van der Waals surface area contributed by atoms with E-state index in [-0.39, 0.29) is 35.5 Å². The van der Waals surface area contributed by atoms with E-state index in [1.807, 2.05) is 32.0 Å². The minimum Gasteiger partial charge on any atom is -0.335 e. The van der Waals surface area contributed by atoms with Crippen LogP contribution in [0.3, 0.4) is 0 Å². The molecule has 0 aliphatic rings. The van der Waals surface area contributed by atoms with Crippen LogP contribution in [0.4, 0.5) is 5.69 Å². The number of hydrogen-bond acceptors (Lipinski definition) is 5. The Morgan fingerprint density at radius 3 is 2.77 bits per heavy atom. The van der Waals surface area contributed by atoms with Gasteiger partial charge in [-0.05, 0) is 31.5 Å². The second-order valence-corrected chi connectivity index (χ2v) is 7.46. The van der Waals surface area contributed by atoms with Crippen LogP contribution in [0.2, 0.25) is 5.02 Å². The predicted octanol–water partition coefficient (Wildman–Crippen LogP) is 4.35. The van der Waals surface area contributed by atoms with Crippen molar-refractivity contribution in [1.82, 2.24) is 14.7 Å². The van der Waals surface area contributed by atoms with Crippen LogP contribution in [0.25, 0.3) is 22.4 Å². The molecular weight excluding hydrogens is 404 g/mol. The van der Waals surface area contributed by atoms with Gasteiger partial charge in [0.15, 0.2) is 0 Å². The van der Waals surface area contributed by atoms with Gasteiger partial charge in [-0.15, -0.1) is 0 Å². The summed E-state index contributed by atoms with van der Waals surface area (Å²) < 4.78 is 6.59. The Hall–Kier alpha value is -3.45. The third kappa shape index (κ3) is 3.84. The minimum absolute atomic E-state index is 0.118. The Kier molecular flexibility index (Phi) is 5.37. The SMILES string of the molecule is Cc1ccc(NC(=O)CCn2cnc3onc(-c4ccccc4Cl)c3c2=O)c(C)c1. The molecule has 152 valence electrons. The molecule has 0 atom stereocenters. The van der Waals surface area contributed by atoms with Crippen molar-refractivity contribution in [2.24, 2.45) is 0 Å². The Bertz CT molecular complexity index is 1310. The van der Waals surface area contributed by atoms with Crippen molar-refractivity contribution in [2.45, 2.75) is 26.8 Å². The maximum Gasteiger partial charge on any atom is 0.266 e. The number of nitrogens with zero attached hydrogens (tertiary/aromatic N) is 3. The van der Waals surface area contributed by atoms with Crippen LogP contribution in [-0.2, 0) is 11.3 Å². The Morgan fingerprint density at radius 1 is 1.20 bits per heavy atom. The van der Waals surface area contributed by atoms with Gasteiger partial charge in [-0.2, -0.15) is 0 Å². The molecule has 0 bridgehead atoms. The van der Waals surface area contributed by atoms with Crippen molar-refractivity contribution < 1.29 is 9.32 Å².